The molecule has 0 bridgehead atoms. The molecule has 3 nitrogen and oxygen atoms in total. The Kier molecular flexibility index (Phi) is 4.88. The molecule has 3 N–H and O–H groups in total. The molecule has 0 aliphatic heterocycles. The van der Waals surface area contributed by atoms with Crippen LogP contribution in [0.4, 0.5) is 0 Å². The van der Waals surface area contributed by atoms with Crippen LogP contribution < -0.4 is 10.5 Å². The number of rotatable bonds is 5. The van der Waals surface area contributed by atoms with Gasteiger partial charge in [0.2, 0.25) is 0 Å². The highest BCUT2D eigenvalue weighted by Crippen LogP contribution is 2.29. The molecule has 0 amide bonds. The summed E-state index contributed by atoms with van der Waals surface area (Å²) in [5, 5.41) is 10.4. The lowest BCUT2D eigenvalue weighted by Crippen LogP contribution is -2.08. The minimum Gasteiger partial charge on any atom is -0.493 e. The molecule has 0 aliphatic carbocycles. The van der Waals surface area contributed by atoms with Crippen LogP contribution in [-0.2, 0) is 0 Å². The van der Waals surface area contributed by atoms with Gasteiger partial charge in [0.1, 0.15) is 5.75 Å². The topological polar surface area (TPSA) is 55.5 Å². The van der Waals surface area contributed by atoms with Gasteiger partial charge in [-0.25, -0.2) is 0 Å². The summed E-state index contributed by atoms with van der Waals surface area (Å²) in [7, 11) is 0. The molecule has 0 saturated heterocycles. The summed E-state index contributed by atoms with van der Waals surface area (Å²) in [5.41, 5.74) is 6.10. The van der Waals surface area contributed by atoms with Crippen LogP contribution in [0.2, 0.25) is 5.02 Å². The van der Waals surface area contributed by atoms with Crippen LogP contribution in [0.3, 0.4) is 0 Å². The highest BCUT2D eigenvalue weighted by molar-refractivity contribution is 6.30. The van der Waals surface area contributed by atoms with Crippen LogP contribution in [0, 0.1) is 0 Å². The minimum atomic E-state index is -0.616. The van der Waals surface area contributed by atoms with E-state index in [0.29, 0.717) is 35.9 Å². The Bertz CT molecular complexity index is 317. The molecule has 1 atom stereocenters. The number of nitrogens with two attached hydrogens (primary N) is 1. The third kappa shape index (κ3) is 3.38. The standard InChI is InChI=1S/C11H16ClNO2/c1-2-15-11-4-3-8(12)7-9(11)10(14)5-6-13/h3-4,7,10,14H,2,5-6,13H2,1H3/t10-/m1/s1. The molecule has 0 saturated carbocycles. The Hall–Kier alpha value is -0.770. The third-order valence-corrected chi connectivity index (χ3v) is 2.31. The molecule has 0 aromatic heterocycles. The van der Waals surface area contributed by atoms with Gasteiger partial charge in [0.05, 0.1) is 12.7 Å². The minimum absolute atomic E-state index is 0.430. The molecule has 0 spiro atoms. The van der Waals surface area contributed by atoms with Crippen LogP contribution in [0.5, 0.6) is 5.75 Å². The van der Waals surface area contributed by atoms with E-state index in [1.807, 2.05) is 6.92 Å². The molecular weight excluding hydrogens is 214 g/mol. The van der Waals surface area contributed by atoms with E-state index in [2.05, 4.69) is 0 Å². The first-order chi connectivity index (χ1) is 7.19. The molecule has 0 aliphatic rings. The van der Waals surface area contributed by atoms with E-state index in [1.165, 1.54) is 0 Å². The smallest absolute Gasteiger partial charge is 0.125 e. The van der Waals surface area contributed by atoms with Crippen molar-refractivity contribution in [2.45, 2.75) is 19.4 Å². The second-order valence-electron chi connectivity index (χ2n) is 3.21. The molecule has 0 unspecified atom stereocenters. The van der Waals surface area contributed by atoms with Crippen molar-refractivity contribution in [3.8, 4) is 5.75 Å². The fourth-order valence-electron chi connectivity index (χ4n) is 1.38. The first kappa shape index (κ1) is 12.3. The predicted octanol–water partition coefficient (Wildman–Crippen LogP) is 2.12. The maximum absolute atomic E-state index is 9.83. The van der Waals surface area contributed by atoms with E-state index in [1.54, 1.807) is 18.2 Å². The lowest BCUT2D eigenvalue weighted by Gasteiger charge is -2.15. The van der Waals surface area contributed by atoms with Crippen LogP contribution in [0.1, 0.15) is 25.0 Å². The van der Waals surface area contributed by atoms with E-state index in [9.17, 15) is 5.11 Å². The zero-order valence-electron chi connectivity index (χ0n) is 8.74. The van der Waals surface area contributed by atoms with Crippen LogP contribution in [-0.4, -0.2) is 18.3 Å². The largest absolute Gasteiger partial charge is 0.493 e. The van der Waals surface area contributed by atoms with Crippen molar-refractivity contribution in [3.05, 3.63) is 28.8 Å². The Labute approximate surface area is 94.8 Å². The van der Waals surface area contributed by atoms with Crippen molar-refractivity contribution in [3.63, 3.8) is 0 Å². The second-order valence-corrected chi connectivity index (χ2v) is 3.64. The molecule has 0 radical (unpaired) electrons. The third-order valence-electron chi connectivity index (χ3n) is 2.07. The Morgan fingerprint density at radius 3 is 2.87 bits per heavy atom. The molecule has 1 aromatic rings. The Morgan fingerprint density at radius 1 is 1.53 bits per heavy atom. The summed E-state index contributed by atoms with van der Waals surface area (Å²) in [4.78, 5) is 0. The van der Waals surface area contributed by atoms with Crippen LogP contribution in [0.25, 0.3) is 0 Å². The number of aliphatic hydroxyl groups excluding tert-OH is 1. The van der Waals surface area contributed by atoms with E-state index >= 15 is 0 Å². The first-order valence-corrected chi connectivity index (χ1v) is 5.37. The first-order valence-electron chi connectivity index (χ1n) is 4.99. The fourth-order valence-corrected chi connectivity index (χ4v) is 1.56. The van der Waals surface area contributed by atoms with Crippen molar-refractivity contribution in [1.82, 2.24) is 0 Å². The number of benzene rings is 1. The molecule has 0 fully saturated rings. The predicted molar refractivity (Wildman–Crippen MR) is 61.3 cm³/mol. The molecule has 0 heterocycles. The van der Waals surface area contributed by atoms with Gasteiger partial charge in [-0.1, -0.05) is 11.6 Å². The average molecular weight is 230 g/mol. The van der Waals surface area contributed by atoms with Gasteiger partial charge in [0.15, 0.2) is 0 Å². The highest BCUT2D eigenvalue weighted by Gasteiger charge is 2.13. The van der Waals surface area contributed by atoms with Gasteiger partial charge in [-0.15, -0.1) is 0 Å². The highest BCUT2D eigenvalue weighted by atomic mass is 35.5. The summed E-state index contributed by atoms with van der Waals surface area (Å²) in [6.45, 7) is 2.89. The van der Waals surface area contributed by atoms with Crippen molar-refractivity contribution in [1.29, 1.82) is 0 Å². The van der Waals surface area contributed by atoms with Gasteiger partial charge >= 0.3 is 0 Å². The number of hydrogen-bond donors (Lipinski definition) is 2. The zero-order valence-corrected chi connectivity index (χ0v) is 9.50. The fraction of sp³-hybridized carbons (Fsp3) is 0.455. The molecule has 1 rings (SSSR count). The van der Waals surface area contributed by atoms with Crippen molar-refractivity contribution in [2.24, 2.45) is 5.73 Å². The number of halogens is 1. The van der Waals surface area contributed by atoms with Gasteiger partial charge in [-0.3, -0.25) is 0 Å². The second kappa shape index (κ2) is 5.95. The van der Waals surface area contributed by atoms with E-state index in [0.717, 1.165) is 0 Å². The van der Waals surface area contributed by atoms with Gasteiger partial charge in [0.25, 0.3) is 0 Å². The SMILES string of the molecule is CCOc1ccc(Cl)cc1[C@H](O)CCN. The summed E-state index contributed by atoms with van der Waals surface area (Å²) in [6, 6.07) is 5.22. The quantitative estimate of drug-likeness (QED) is 0.813. The molecule has 15 heavy (non-hydrogen) atoms. The van der Waals surface area contributed by atoms with Crippen molar-refractivity contribution >= 4 is 11.6 Å². The number of aliphatic hydroxyl groups is 1. The molecule has 1 aromatic carbocycles. The van der Waals surface area contributed by atoms with E-state index < -0.39 is 6.10 Å². The van der Waals surface area contributed by atoms with Gasteiger partial charge in [-0.05, 0) is 38.1 Å². The monoisotopic (exact) mass is 229 g/mol. The number of hydrogen-bond acceptors (Lipinski definition) is 3. The van der Waals surface area contributed by atoms with Crippen molar-refractivity contribution in [2.75, 3.05) is 13.2 Å². The zero-order chi connectivity index (χ0) is 11.3. The van der Waals surface area contributed by atoms with Crippen molar-refractivity contribution < 1.29 is 9.84 Å². The maximum atomic E-state index is 9.83. The Balaban J connectivity index is 2.95. The van der Waals surface area contributed by atoms with Gasteiger partial charge < -0.3 is 15.6 Å². The summed E-state index contributed by atoms with van der Waals surface area (Å²) < 4.78 is 5.40. The van der Waals surface area contributed by atoms with Gasteiger partial charge in [0, 0.05) is 10.6 Å². The maximum Gasteiger partial charge on any atom is 0.125 e. The molecule has 4 heteroatoms. The van der Waals surface area contributed by atoms with Crippen LogP contribution >= 0.6 is 11.6 Å². The summed E-state index contributed by atoms with van der Waals surface area (Å²) in [6.07, 6.45) is -0.115. The molecular formula is C11H16ClNO2. The normalized spacial score (nSPS) is 12.5. The van der Waals surface area contributed by atoms with E-state index in [-0.39, 0.29) is 0 Å². The average Bonchev–Trinajstić information content (AvgIpc) is 2.21. The summed E-state index contributed by atoms with van der Waals surface area (Å²) in [5.74, 6) is 0.669. The van der Waals surface area contributed by atoms with Gasteiger partial charge in [-0.2, -0.15) is 0 Å². The Morgan fingerprint density at radius 2 is 2.27 bits per heavy atom. The summed E-state index contributed by atoms with van der Waals surface area (Å²) >= 11 is 5.86. The molecule has 84 valence electrons. The lowest BCUT2D eigenvalue weighted by atomic mass is 10.1. The van der Waals surface area contributed by atoms with E-state index in [4.69, 9.17) is 22.1 Å². The van der Waals surface area contributed by atoms with Crippen LogP contribution in [0.15, 0.2) is 18.2 Å². The lowest BCUT2D eigenvalue weighted by molar-refractivity contribution is 0.164. The number of ether oxygens (including phenoxy) is 1.